The largest absolute Gasteiger partial charge is 0.379 e. The summed E-state index contributed by atoms with van der Waals surface area (Å²) in [5.41, 5.74) is 1.84. The van der Waals surface area contributed by atoms with Gasteiger partial charge < -0.3 is 20.3 Å². The van der Waals surface area contributed by atoms with E-state index in [9.17, 15) is 4.79 Å². The second-order valence-corrected chi connectivity index (χ2v) is 7.08. The number of nitrogens with one attached hydrogen (secondary N) is 2. The van der Waals surface area contributed by atoms with Crippen LogP contribution in [0.15, 0.2) is 18.3 Å². The second-order valence-electron chi connectivity index (χ2n) is 7.08. The molecule has 26 heavy (non-hydrogen) atoms. The van der Waals surface area contributed by atoms with Crippen LogP contribution >= 0.6 is 0 Å². The third-order valence-corrected chi connectivity index (χ3v) is 5.11. The molecule has 0 spiro atoms. The number of amides is 2. The molecule has 2 aliphatic rings. The monoisotopic (exact) mass is 358 g/mol. The van der Waals surface area contributed by atoms with Crippen molar-refractivity contribution in [1.82, 2.24) is 24.8 Å². The molecule has 8 heteroatoms. The van der Waals surface area contributed by atoms with E-state index in [1.807, 2.05) is 30.2 Å². The van der Waals surface area contributed by atoms with Crippen LogP contribution in [-0.2, 0) is 4.74 Å². The average Bonchev–Trinajstić information content (AvgIpc) is 3.29. The second kappa shape index (κ2) is 7.49. The Morgan fingerprint density at radius 2 is 2.19 bits per heavy atom. The number of fused-ring (bicyclic) bond motifs is 1. The average molecular weight is 358 g/mol. The number of rotatable bonds is 4. The summed E-state index contributed by atoms with van der Waals surface area (Å²) in [6, 6.07) is 4.36. The van der Waals surface area contributed by atoms with Crippen LogP contribution in [0.5, 0.6) is 0 Å². The summed E-state index contributed by atoms with van der Waals surface area (Å²) in [7, 11) is 0. The lowest BCUT2D eigenvalue weighted by atomic mass is 10.1. The van der Waals surface area contributed by atoms with E-state index < -0.39 is 0 Å². The molecule has 2 N–H and O–H groups in total. The van der Waals surface area contributed by atoms with E-state index in [1.54, 1.807) is 4.52 Å². The van der Waals surface area contributed by atoms with Crippen molar-refractivity contribution in [3.63, 3.8) is 0 Å². The highest BCUT2D eigenvalue weighted by atomic mass is 16.5. The highest BCUT2D eigenvalue weighted by Crippen LogP contribution is 2.20. The Kier molecular flexibility index (Phi) is 4.92. The molecule has 8 nitrogen and oxygen atoms in total. The summed E-state index contributed by atoms with van der Waals surface area (Å²) in [5, 5.41) is 10.9. The number of nitrogens with zero attached hydrogens (tertiary/aromatic N) is 4. The fourth-order valence-electron chi connectivity index (χ4n) is 3.69. The molecule has 1 atom stereocenters. The van der Waals surface area contributed by atoms with Crippen molar-refractivity contribution >= 4 is 17.4 Å². The zero-order valence-corrected chi connectivity index (χ0v) is 15.1. The molecule has 2 amide bonds. The lowest BCUT2D eigenvalue weighted by molar-refractivity contribution is 0.108. The Morgan fingerprint density at radius 1 is 1.35 bits per heavy atom. The van der Waals surface area contributed by atoms with Gasteiger partial charge in [-0.1, -0.05) is 0 Å². The van der Waals surface area contributed by atoms with E-state index in [2.05, 4.69) is 20.7 Å². The molecule has 0 saturated carbocycles. The summed E-state index contributed by atoms with van der Waals surface area (Å²) >= 11 is 0. The normalized spacial score (nSPS) is 21.3. The maximum absolute atomic E-state index is 12.3. The Bertz CT molecular complexity index is 762. The first-order valence-electron chi connectivity index (χ1n) is 9.42. The van der Waals surface area contributed by atoms with Gasteiger partial charge >= 0.3 is 6.03 Å². The smallest absolute Gasteiger partial charge is 0.317 e. The third-order valence-electron chi connectivity index (χ3n) is 5.11. The number of ether oxygens (including phenoxy) is 1. The zero-order valence-electron chi connectivity index (χ0n) is 15.1. The van der Waals surface area contributed by atoms with Gasteiger partial charge in [-0.15, -0.1) is 0 Å². The molecule has 2 aliphatic heterocycles. The topological polar surface area (TPSA) is 83.8 Å². The lowest BCUT2D eigenvalue weighted by Crippen LogP contribution is -2.48. The number of piperidine rings is 1. The molecule has 4 rings (SSSR count). The van der Waals surface area contributed by atoms with Crippen LogP contribution in [0.2, 0.25) is 0 Å². The Balaban J connectivity index is 1.28. The Labute approximate surface area is 152 Å². The number of aryl methyl sites for hydroxylation is 1. The molecule has 2 saturated heterocycles. The van der Waals surface area contributed by atoms with Crippen molar-refractivity contribution in [2.24, 2.45) is 0 Å². The molecule has 0 aliphatic carbocycles. The number of pyridine rings is 1. The molecule has 2 fully saturated rings. The molecule has 0 radical (unpaired) electrons. The van der Waals surface area contributed by atoms with Crippen molar-refractivity contribution in [3.05, 3.63) is 24.2 Å². The standard InChI is InChI=1S/C18H26N6O2/c1-13-20-17-16(5-2-8-24(17)22-13)21-14-6-9-23(10-7-14)18(25)19-12-15-4-3-11-26-15/h2,5,8,14-15,21H,3-4,6-7,9-12H2,1H3,(H,19,25). The SMILES string of the molecule is Cc1nc2c(NC3CCN(C(=O)NCC4CCCO4)CC3)cccn2n1. The van der Waals surface area contributed by atoms with Gasteiger partial charge in [0.2, 0.25) is 0 Å². The number of hydrogen-bond acceptors (Lipinski definition) is 5. The summed E-state index contributed by atoms with van der Waals surface area (Å²) in [4.78, 5) is 18.7. The molecular formula is C18H26N6O2. The fraction of sp³-hybridized carbons (Fsp3) is 0.611. The summed E-state index contributed by atoms with van der Waals surface area (Å²) in [5.74, 6) is 0.761. The van der Waals surface area contributed by atoms with Crippen LogP contribution in [0.1, 0.15) is 31.5 Å². The van der Waals surface area contributed by atoms with Crippen LogP contribution < -0.4 is 10.6 Å². The maximum Gasteiger partial charge on any atom is 0.317 e. The molecule has 1 unspecified atom stereocenters. The van der Waals surface area contributed by atoms with Gasteiger partial charge in [-0.2, -0.15) is 5.10 Å². The van der Waals surface area contributed by atoms with Gasteiger partial charge in [-0.05, 0) is 44.7 Å². The molecule has 0 bridgehead atoms. The molecular weight excluding hydrogens is 332 g/mol. The third kappa shape index (κ3) is 3.75. The van der Waals surface area contributed by atoms with Gasteiger partial charge in [0, 0.05) is 38.5 Å². The van der Waals surface area contributed by atoms with Gasteiger partial charge in [0.1, 0.15) is 5.82 Å². The van der Waals surface area contributed by atoms with E-state index in [0.717, 1.165) is 62.5 Å². The molecule has 140 valence electrons. The number of likely N-dealkylation sites (tertiary alicyclic amines) is 1. The summed E-state index contributed by atoms with van der Waals surface area (Å²) in [6.45, 7) is 4.83. The minimum atomic E-state index is 0.0223. The zero-order chi connectivity index (χ0) is 17.9. The molecule has 4 heterocycles. The van der Waals surface area contributed by atoms with Gasteiger partial charge in [0.25, 0.3) is 0 Å². The Hall–Kier alpha value is -2.35. The van der Waals surface area contributed by atoms with Gasteiger partial charge in [-0.25, -0.2) is 14.3 Å². The Morgan fingerprint density at radius 3 is 2.96 bits per heavy atom. The molecule has 2 aromatic heterocycles. The predicted octanol–water partition coefficient (Wildman–Crippen LogP) is 1.80. The minimum absolute atomic E-state index is 0.0223. The van der Waals surface area contributed by atoms with Crippen LogP contribution in [-0.4, -0.2) is 63.9 Å². The number of aromatic nitrogens is 3. The van der Waals surface area contributed by atoms with E-state index in [0.29, 0.717) is 12.6 Å². The highest BCUT2D eigenvalue weighted by molar-refractivity contribution is 5.74. The molecule has 0 aromatic carbocycles. The molecule has 2 aromatic rings. The lowest BCUT2D eigenvalue weighted by Gasteiger charge is -2.33. The van der Waals surface area contributed by atoms with E-state index in [4.69, 9.17) is 4.74 Å². The first-order chi connectivity index (χ1) is 12.7. The number of carbonyl (C=O) groups excluding carboxylic acids is 1. The van der Waals surface area contributed by atoms with Crippen LogP contribution in [0.3, 0.4) is 0 Å². The van der Waals surface area contributed by atoms with E-state index in [-0.39, 0.29) is 12.1 Å². The number of anilines is 1. The van der Waals surface area contributed by atoms with Crippen molar-refractivity contribution < 1.29 is 9.53 Å². The van der Waals surface area contributed by atoms with Crippen LogP contribution in [0, 0.1) is 6.92 Å². The first-order valence-corrected chi connectivity index (χ1v) is 9.42. The van der Waals surface area contributed by atoms with Crippen molar-refractivity contribution in [2.45, 2.75) is 44.8 Å². The summed E-state index contributed by atoms with van der Waals surface area (Å²) < 4.78 is 7.35. The van der Waals surface area contributed by atoms with Gasteiger partial charge in [0.05, 0.1) is 11.8 Å². The quantitative estimate of drug-likeness (QED) is 0.871. The fourth-order valence-corrected chi connectivity index (χ4v) is 3.69. The van der Waals surface area contributed by atoms with Crippen LogP contribution in [0.4, 0.5) is 10.5 Å². The van der Waals surface area contributed by atoms with E-state index in [1.165, 1.54) is 0 Å². The minimum Gasteiger partial charge on any atom is -0.379 e. The summed E-state index contributed by atoms with van der Waals surface area (Å²) in [6.07, 6.45) is 6.06. The van der Waals surface area contributed by atoms with E-state index >= 15 is 0 Å². The van der Waals surface area contributed by atoms with Crippen molar-refractivity contribution in [1.29, 1.82) is 0 Å². The van der Waals surface area contributed by atoms with Crippen molar-refractivity contribution in [3.8, 4) is 0 Å². The maximum atomic E-state index is 12.3. The number of carbonyl (C=O) groups is 1. The van der Waals surface area contributed by atoms with Gasteiger partial charge in [0.15, 0.2) is 5.65 Å². The first kappa shape index (κ1) is 17.1. The number of hydrogen-bond donors (Lipinski definition) is 2. The highest BCUT2D eigenvalue weighted by Gasteiger charge is 2.24. The van der Waals surface area contributed by atoms with Gasteiger partial charge in [-0.3, -0.25) is 0 Å². The predicted molar refractivity (Wildman–Crippen MR) is 98.3 cm³/mol. The number of urea groups is 1. The van der Waals surface area contributed by atoms with Crippen LogP contribution in [0.25, 0.3) is 5.65 Å². The van der Waals surface area contributed by atoms with Crippen molar-refractivity contribution in [2.75, 3.05) is 31.6 Å².